The van der Waals surface area contributed by atoms with E-state index in [1.165, 1.54) is 11.3 Å². The lowest BCUT2D eigenvalue weighted by atomic mass is 9.86. The molecule has 0 spiro atoms. The number of nitrogens with zero attached hydrogens (tertiary/aromatic N) is 2. The third-order valence-electron chi connectivity index (χ3n) is 5.33. The molecule has 0 unspecified atom stereocenters. The van der Waals surface area contributed by atoms with Crippen LogP contribution >= 0.6 is 11.3 Å². The van der Waals surface area contributed by atoms with E-state index in [0.717, 1.165) is 60.9 Å². The van der Waals surface area contributed by atoms with Gasteiger partial charge in [0.1, 0.15) is 21.3 Å². The molecule has 0 aliphatic carbocycles. The van der Waals surface area contributed by atoms with Crippen LogP contribution in [0.4, 0.5) is 25.8 Å². The highest BCUT2D eigenvalue weighted by atomic mass is 32.1. The van der Waals surface area contributed by atoms with Gasteiger partial charge in [-0.2, -0.15) is 0 Å². The average molecular weight is 386 g/mol. The summed E-state index contributed by atoms with van der Waals surface area (Å²) in [7, 11) is 0. The lowest BCUT2D eigenvalue weighted by Crippen LogP contribution is -2.39. The Kier molecular flexibility index (Phi) is 3.58. The Bertz CT molecular complexity index is 1090. The molecule has 1 saturated heterocycles. The van der Waals surface area contributed by atoms with Crippen LogP contribution in [0.15, 0.2) is 24.3 Å². The Labute approximate surface area is 157 Å². The molecule has 1 aromatic carbocycles. The summed E-state index contributed by atoms with van der Waals surface area (Å²) in [5.74, 6) is -1.45. The van der Waals surface area contributed by atoms with Crippen LogP contribution < -0.4 is 16.0 Å². The van der Waals surface area contributed by atoms with Gasteiger partial charge in [0.25, 0.3) is 5.91 Å². The zero-order chi connectivity index (χ0) is 18.7. The number of piperidine rings is 1. The van der Waals surface area contributed by atoms with E-state index in [2.05, 4.69) is 10.2 Å². The number of nitrogens with one attached hydrogen (secondary N) is 1. The highest BCUT2D eigenvalue weighted by Gasteiger charge is 2.33. The smallest absolute Gasteiger partial charge is 0.268 e. The molecule has 3 aromatic rings. The number of carbonyl (C=O) groups excluding carboxylic acids is 1. The third kappa shape index (κ3) is 2.55. The summed E-state index contributed by atoms with van der Waals surface area (Å²) in [6.07, 6.45) is 2.19. The summed E-state index contributed by atoms with van der Waals surface area (Å²) in [5, 5.41) is 3.14. The van der Waals surface area contributed by atoms with Gasteiger partial charge in [0.05, 0.1) is 22.8 Å². The van der Waals surface area contributed by atoms with Crippen LogP contribution in [0.5, 0.6) is 0 Å². The molecule has 3 aliphatic rings. The number of pyridine rings is 1. The topological polar surface area (TPSA) is 71.2 Å². The molecule has 1 fully saturated rings. The van der Waals surface area contributed by atoms with E-state index in [1.54, 1.807) is 0 Å². The maximum Gasteiger partial charge on any atom is 0.268 e. The standard InChI is InChI=1S/C19H16F2N4OS/c20-10-1-2-12(21)13(7-10)23-18(26)17-15(22)11-8-14-16(24-19(11)27-17)9-3-5-25(14)6-4-9/h1-2,7-9H,3-6,22H2,(H,23,26). The van der Waals surface area contributed by atoms with Gasteiger partial charge in [0.15, 0.2) is 0 Å². The predicted octanol–water partition coefficient (Wildman–Crippen LogP) is 4.11. The molecule has 3 aliphatic heterocycles. The minimum absolute atomic E-state index is 0.215. The SMILES string of the molecule is Nc1c(C(=O)Nc2cc(F)ccc2F)sc2nc3c(cc12)N1CCC3CC1. The van der Waals surface area contributed by atoms with E-state index in [0.29, 0.717) is 16.4 Å². The van der Waals surface area contributed by atoms with Crippen LogP contribution in [0.25, 0.3) is 10.2 Å². The molecule has 0 saturated carbocycles. The van der Waals surface area contributed by atoms with Crippen molar-refractivity contribution in [3.05, 3.63) is 46.5 Å². The van der Waals surface area contributed by atoms with Crippen molar-refractivity contribution in [2.24, 2.45) is 0 Å². The molecule has 0 radical (unpaired) electrons. The van der Waals surface area contributed by atoms with Crippen molar-refractivity contribution in [1.82, 2.24) is 4.98 Å². The number of thiophene rings is 1. The van der Waals surface area contributed by atoms with Crippen LogP contribution in [0.1, 0.15) is 34.1 Å². The maximum absolute atomic E-state index is 13.8. The molecule has 6 rings (SSSR count). The van der Waals surface area contributed by atoms with Gasteiger partial charge in [0, 0.05) is 30.5 Å². The number of aromatic nitrogens is 1. The van der Waals surface area contributed by atoms with E-state index >= 15 is 0 Å². The number of halogens is 2. The Hall–Kier alpha value is -2.74. The fourth-order valence-corrected chi connectivity index (χ4v) is 4.91. The van der Waals surface area contributed by atoms with Crippen molar-refractivity contribution in [1.29, 1.82) is 0 Å². The van der Waals surface area contributed by atoms with Crippen molar-refractivity contribution < 1.29 is 13.6 Å². The van der Waals surface area contributed by atoms with Gasteiger partial charge in [-0.15, -0.1) is 11.3 Å². The molecule has 2 bridgehead atoms. The van der Waals surface area contributed by atoms with Gasteiger partial charge in [-0.1, -0.05) is 0 Å². The summed E-state index contributed by atoms with van der Waals surface area (Å²) in [6.45, 7) is 2.03. The van der Waals surface area contributed by atoms with Crippen molar-refractivity contribution in [3.63, 3.8) is 0 Å². The number of carbonyl (C=O) groups is 1. The molecule has 5 nitrogen and oxygen atoms in total. The zero-order valence-electron chi connectivity index (χ0n) is 14.3. The molecule has 3 N–H and O–H groups in total. The van der Waals surface area contributed by atoms with E-state index in [-0.39, 0.29) is 10.6 Å². The second-order valence-electron chi connectivity index (χ2n) is 6.93. The number of hydrogen-bond donors (Lipinski definition) is 2. The maximum atomic E-state index is 13.8. The fraction of sp³-hybridized carbons (Fsp3) is 0.263. The van der Waals surface area contributed by atoms with Crippen LogP contribution in [0.2, 0.25) is 0 Å². The van der Waals surface area contributed by atoms with E-state index in [4.69, 9.17) is 10.7 Å². The number of hydrogen-bond acceptors (Lipinski definition) is 5. The number of rotatable bonds is 2. The van der Waals surface area contributed by atoms with Crippen LogP contribution in [0, 0.1) is 11.6 Å². The molecular formula is C19H16F2N4OS. The Balaban J connectivity index is 1.55. The lowest BCUT2D eigenvalue weighted by molar-refractivity contribution is 0.103. The normalized spacial score (nSPS) is 16.0. The number of anilines is 3. The second kappa shape index (κ2) is 5.88. The number of benzene rings is 1. The molecule has 8 heteroatoms. The second-order valence-corrected chi connectivity index (χ2v) is 7.93. The molecular weight excluding hydrogens is 370 g/mol. The van der Waals surface area contributed by atoms with Crippen LogP contribution in [-0.2, 0) is 0 Å². The first-order valence-corrected chi connectivity index (χ1v) is 9.57. The lowest BCUT2D eigenvalue weighted by Gasteiger charge is -2.41. The van der Waals surface area contributed by atoms with Gasteiger partial charge in [-0.3, -0.25) is 4.79 Å². The average Bonchev–Trinajstić information content (AvgIpc) is 3.00. The predicted molar refractivity (Wildman–Crippen MR) is 103 cm³/mol. The number of fused-ring (bicyclic) bond motifs is 3. The Morgan fingerprint density at radius 2 is 2.04 bits per heavy atom. The number of nitrogens with two attached hydrogens (primary N) is 1. The molecule has 2 aromatic heterocycles. The summed E-state index contributed by atoms with van der Waals surface area (Å²) >= 11 is 1.18. The van der Waals surface area contributed by atoms with Gasteiger partial charge in [-0.05, 0) is 31.0 Å². The van der Waals surface area contributed by atoms with E-state index < -0.39 is 17.5 Å². The van der Waals surface area contributed by atoms with Crippen molar-refractivity contribution in [2.75, 3.05) is 29.0 Å². The number of nitrogen functional groups attached to an aromatic ring is 1. The van der Waals surface area contributed by atoms with Crippen molar-refractivity contribution in [2.45, 2.75) is 18.8 Å². The molecule has 0 atom stereocenters. The summed E-state index contributed by atoms with van der Waals surface area (Å²) in [4.78, 5) is 20.7. The minimum atomic E-state index is -0.706. The Morgan fingerprint density at radius 3 is 2.81 bits per heavy atom. The Morgan fingerprint density at radius 1 is 1.26 bits per heavy atom. The van der Waals surface area contributed by atoms with Crippen molar-refractivity contribution >= 4 is 44.5 Å². The van der Waals surface area contributed by atoms with Gasteiger partial charge in [-0.25, -0.2) is 13.8 Å². The summed E-state index contributed by atoms with van der Waals surface area (Å²) in [5.41, 5.74) is 8.49. The van der Waals surface area contributed by atoms with Gasteiger partial charge in [0.2, 0.25) is 0 Å². The molecule has 5 heterocycles. The summed E-state index contributed by atoms with van der Waals surface area (Å²) < 4.78 is 27.2. The number of amides is 1. The van der Waals surface area contributed by atoms with Crippen LogP contribution in [0.3, 0.4) is 0 Å². The summed E-state index contributed by atoms with van der Waals surface area (Å²) in [6, 6.07) is 4.92. The largest absolute Gasteiger partial charge is 0.397 e. The van der Waals surface area contributed by atoms with Crippen LogP contribution in [-0.4, -0.2) is 24.0 Å². The highest BCUT2D eigenvalue weighted by Crippen LogP contribution is 2.45. The van der Waals surface area contributed by atoms with E-state index in [1.807, 2.05) is 6.07 Å². The zero-order valence-corrected chi connectivity index (χ0v) is 15.1. The van der Waals surface area contributed by atoms with Gasteiger partial charge < -0.3 is 16.0 Å². The third-order valence-corrected chi connectivity index (χ3v) is 6.45. The fourth-order valence-electron chi connectivity index (χ4n) is 3.93. The van der Waals surface area contributed by atoms with Crippen molar-refractivity contribution in [3.8, 4) is 0 Å². The highest BCUT2D eigenvalue weighted by molar-refractivity contribution is 7.21. The van der Waals surface area contributed by atoms with E-state index in [9.17, 15) is 13.6 Å². The first kappa shape index (κ1) is 16.4. The molecule has 1 amide bonds. The van der Waals surface area contributed by atoms with Gasteiger partial charge >= 0.3 is 0 Å². The first-order valence-electron chi connectivity index (χ1n) is 8.75. The molecule has 27 heavy (non-hydrogen) atoms. The monoisotopic (exact) mass is 386 g/mol. The first-order chi connectivity index (χ1) is 13.0. The molecule has 138 valence electrons. The minimum Gasteiger partial charge on any atom is -0.397 e. The quantitative estimate of drug-likeness (QED) is 0.695.